The highest BCUT2D eigenvalue weighted by Gasteiger charge is 2.45. The lowest BCUT2D eigenvalue weighted by Gasteiger charge is -2.41. The summed E-state index contributed by atoms with van der Waals surface area (Å²) < 4.78 is 19.2. The van der Waals surface area contributed by atoms with Gasteiger partial charge in [0.2, 0.25) is 5.91 Å². The fraction of sp³-hybridized carbons (Fsp3) is 0.558. The van der Waals surface area contributed by atoms with Gasteiger partial charge in [-0.25, -0.2) is 4.79 Å². The molecule has 0 spiro atoms. The number of nitrogens with zero attached hydrogens (tertiary/aromatic N) is 7. The topological polar surface area (TPSA) is 124 Å². The lowest BCUT2D eigenvalue weighted by Crippen LogP contribution is -2.55. The van der Waals surface area contributed by atoms with Gasteiger partial charge in [-0.1, -0.05) is 58.8 Å². The number of carbonyl (C=O) groups excluding carboxylic acids is 2. The van der Waals surface area contributed by atoms with E-state index in [1.807, 2.05) is 35.2 Å². The van der Waals surface area contributed by atoms with Crippen molar-refractivity contribution in [3.8, 4) is 12.1 Å². The van der Waals surface area contributed by atoms with Crippen LogP contribution in [0.25, 0.3) is 10.8 Å². The average Bonchev–Trinajstić information content (AvgIpc) is 3.99. The normalized spacial score (nSPS) is 23.2. The molecular weight excluding hydrogens is 774 g/mol. The quantitative estimate of drug-likeness (QED) is 0.156. The molecule has 56 heavy (non-hydrogen) atoms. The summed E-state index contributed by atoms with van der Waals surface area (Å²) in [5.41, 5.74) is 1.91. The number of piperidine rings is 2. The van der Waals surface area contributed by atoms with E-state index in [0.29, 0.717) is 62.4 Å². The number of fused-ring (bicyclic) bond motifs is 2. The van der Waals surface area contributed by atoms with Crippen molar-refractivity contribution in [3.05, 3.63) is 69.8 Å². The molecule has 296 valence electrons. The van der Waals surface area contributed by atoms with Gasteiger partial charge in [0.15, 0.2) is 5.82 Å². The van der Waals surface area contributed by atoms with Crippen LogP contribution in [-0.4, -0.2) is 121 Å². The molecule has 1 unspecified atom stereocenters. The van der Waals surface area contributed by atoms with E-state index in [1.165, 1.54) is 19.3 Å². The minimum atomic E-state index is -0.555. The molecule has 0 radical (unpaired) electrons. The Morgan fingerprint density at radius 3 is 2.57 bits per heavy atom. The van der Waals surface area contributed by atoms with E-state index in [0.717, 1.165) is 79.2 Å². The van der Waals surface area contributed by atoms with Crippen LogP contribution in [0.2, 0.25) is 0 Å². The second-order valence-corrected chi connectivity index (χ2v) is 17.0. The number of esters is 1. The summed E-state index contributed by atoms with van der Waals surface area (Å²) in [4.78, 5) is 46.3. The van der Waals surface area contributed by atoms with E-state index in [1.54, 1.807) is 18.1 Å². The standard InChI is InChI=1S/C43H52BrN7O5/c1-54-32-14-22-48(23-15-32)21-7-12-37(52)51-25-24-50(27-31(51)13-18-45)40-39-35(46-42(47-40)55-29-43(16-17-43)28-49-19-3-2-4-20-49)26-36(56-41(39)53)33-10-5-8-30-9-6-11-34(44)38(30)33/h5-12,31-32,36H,2-4,13-17,19-29H2,1H3/b12-7+/t31-,36?/m0/s1. The van der Waals surface area contributed by atoms with Crippen LogP contribution in [-0.2, 0) is 20.7 Å². The van der Waals surface area contributed by atoms with Gasteiger partial charge in [-0.15, -0.1) is 0 Å². The number of piperazine rings is 1. The number of rotatable bonds is 12. The van der Waals surface area contributed by atoms with Crippen molar-refractivity contribution in [3.63, 3.8) is 0 Å². The Bertz CT molecular complexity index is 1980. The highest BCUT2D eigenvalue weighted by molar-refractivity contribution is 9.10. The maximum absolute atomic E-state index is 14.2. The lowest BCUT2D eigenvalue weighted by atomic mass is 9.94. The number of aromatic nitrogens is 2. The van der Waals surface area contributed by atoms with Gasteiger partial charge in [-0.2, -0.15) is 15.2 Å². The van der Waals surface area contributed by atoms with Crippen LogP contribution in [0.1, 0.15) is 79.1 Å². The van der Waals surface area contributed by atoms with Crippen LogP contribution in [0.3, 0.4) is 0 Å². The highest BCUT2D eigenvalue weighted by atomic mass is 79.9. The van der Waals surface area contributed by atoms with Gasteiger partial charge >= 0.3 is 12.0 Å². The molecule has 0 N–H and O–H groups in total. The van der Waals surface area contributed by atoms with E-state index < -0.39 is 18.1 Å². The van der Waals surface area contributed by atoms with Crippen LogP contribution in [0, 0.1) is 16.7 Å². The molecule has 4 aliphatic heterocycles. The number of hydrogen-bond donors (Lipinski definition) is 0. The second kappa shape index (κ2) is 17.2. The SMILES string of the molecule is COC1CCN(C/C=C/C(=O)N2CCN(c3nc(OCC4(CN5CCCCC5)CC4)nc4c3C(=O)OC(c3cccc5cccc(Br)c35)C4)C[C@@H]2CC#N)CC1. The van der Waals surface area contributed by atoms with E-state index in [-0.39, 0.29) is 23.8 Å². The van der Waals surface area contributed by atoms with Crippen molar-refractivity contribution in [1.29, 1.82) is 5.26 Å². The van der Waals surface area contributed by atoms with Gasteiger partial charge < -0.3 is 28.9 Å². The molecule has 8 rings (SSSR count). The number of cyclic esters (lactones) is 1. The first kappa shape index (κ1) is 38.8. The number of nitriles is 1. The molecule has 0 bridgehead atoms. The molecule has 2 aromatic carbocycles. The van der Waals surface area contributed by atoms with Crippen molar-refractivity contribution < 1.29 is 23.8 Å². The Hall–Kier alpha value is -4.09. The molecule has 5 aliphatic rings. The van der Waals surface area contributed by atoms with Crippen LogP contribution in [0.15, 0.2) is 53.0 Å². The number of likely N-dealkylation sites (tertiary alicyclic amines) is 2. The Kier molecular flexibility index (Phi) is 11.9. The molecule has 2 atom stereocenters. The summed E-state index contributed by atoms with van der Waals surface area (Å²) in [5.74, 6) is -0.158. The van der Waals surface area contributed by atoms with Crippen LogP contribution in [0.4, 0.5) is 5.82 Å². The maximum atomic E-state index is 14.2. The number of methoxy groups -OCH3 is 1. The van der Waals surface area contributed by atoms with Gasteiger partial charge in [0.25, 0.3) is 0 Å². The molecule has 1 aromatic heterocycles. The van der Waals surface area contributed by atoms with Crippen molar-refractivity contribution in [2.45, 2.75) is 76.0 Å². The molecule has 5 heterocycles. The number of ether oxygens (including phenoxy) is 3. The largest absolute Gasteiger partial charge is 0.463 e. The lowest BCUT2D eigenvalue weighted by molar-refractivity contribution is -0.128. The summed E-state index contributed by atoms with van der Waals surface area (Å²) in [7, 11) is 1.76. The Morgan fingerprint density at radius 2 is 1.82 bits per heavy atom. The predicted molar refractivity (Wildman–Crippen MR) is 217 cm³/mol. The van der Waals surface area contributed by atoms with Gasteiger partial charge in [-0.05, 0) is 63.1 Å². The molecule has 1 saturated carbocycles. The Labute approximate surface area is 337 Å². The van der Waals surface area contributed by atoms with Crippen molar-refractivity contribution in [2.24, 2.45) is 5.41 Å². The van der Waals surface area contributed by atoms with Gasteiger partial charge in [-0.3, -0.25) is 9.69 Å². The third kappa shape index (κ3) is 8.59. The summed E-state index contributed by atoms with van der Waals surface area (Å²) in [6.45, 7) is 7.52. The van der Waals surface area contributed by atoms with Crippen LogP contribution >= 0.6 is 15.9 Å². The van der Waals surface area contributed by atoms with Crippen molar-refractivity contribution >= 4 is 44.4 Å². The monoisotopic (exact) mass is 825 g/mol. The molecule has 4 fully saturated rings. The fourth-order valence-electron chi connectivity index (χ4n) is 8.97. The smallest absolute Gasteiger partial charge is 0.344 e. The summed E-state index contributed by atoms with van der Waals surface area (Å²) >= 11 is 3.73. The maximum Gasteiger partial charge on any atom is 0.344 e. The number of anilines is 1. The number of hydrogen-bond acceptors (Lipinski definition) is 11. The van der Waals surface area contributed by atoms with Gasteiger partial charge in [0.05, 0.1) is 36.9 Å². The zero-order valence-corrected chi connectivity index (χ0v) is 33.9. The Morgan fingerprint density at radius 1 is 1.04 bits per heavy atom. The molecule has 1 aliphatic carbocycles. The number of carbonyl (C=O) groups is 2. The number of halogens is 1. The highest BCUT2D eigenvalue weighted by Crippen LogP contribution is 2.47. The average molecular weight is 827 g/mol. The fourth-order valence-corrected chi connectivity index (χ4v) is 9.58. The number of benzene rings is 2. The van der Waals surface area contributed by atoms with E-state index in [2.05, 4.69) is 43.9 Å². The molecule has 3 aromatic rings. The predicted octanol–water partition coefficient (Wildman–Crippen LogP) is 6.09. The van der Waals surface area contributed by atoms with Crippen molar-refractivity contribution in [2.75, 3.05) is 77.5 Å². The van der Waals surface area contributed by atoms with Crippen LogP contribution < -0.4 is 9.64 Å². The third-order valence-electron chi connectivity index (χ3n) is 12.4. The minimum Gasteiger partial charge on any atom is -0.463 e. The number of amides is 1. The zero-order chi connectivity index (χ0) is 38.6. The first-order valence-corrected chi connectivity index (χ1v) is 21.1. The van der Waals surface area contributed by atoms with Crippen LogP contribution in [0.5, 0.6) is 6.01 Å². The van der Waals surface area contributed by atoms with Gasteiger partial charge in [0, 0.05) is 86.3 Å². The molecule has 13 heteroatoms. The zero-order valence-electron chi connectivity index (χ0n) is 32.3. The molecule has 3 saturated heterocycles. The first-order chi connectivity index (χ1) is 27.3. The second-order valence-electron chi connectivity index (χ2n) is 16.2. The molecular formula is C43H52BrN7O5. The summed E-state index contributed by atoms with van der Waals surface area (Å²) in [6.07, 6.45) is 11.8. The Balaban J connectivity index is 1.04. The first-order valence-electron chi connectivity index (χ1n) is 20.3. The van der Waals surface area contributed by atoms with Crippen molar-refractivity contribution in [1.82, 2.24) is 24.7 Å². The van der Waals surface area contributed by atoms with Gasteiger partial charge in [0.1, 0.15) is 11.7 Å². The van der Waals surface area contributed by atoms with E-state index >= 15 is 0 Å². The summed E-state index contributed by atoms with van der Waals surface area (Å²) in [5, 5.41) is 11.9. The van der Waals surface area contributed by atoms with E-state index in [4.69, 9.17) is 24.2 Å². The molecule has 1 amide bonds. The summed E-state index contributed by atoms with van der Waals surface area (Å²) in [6, 6.07) is 14.2. The minimum absolute atomic E-state index is 0.0885. The molecule has 12 nitrogen and oxygen atoms in total. The van der Waals surface area contributed by atoms with E-state index in [9.17, 15) is 14.9 Å². The third-order valence-corrected chi connectivity index (χ3v) is 13.0.